The first-order chi connectivity index (χ1) is 9.83. The number of halogens is 1. The molecule has 0 saturated heterocycles. The highest BCUT2D eigenvalue weighted by molar-refractivity contribution is 7.94. The van der Waals surface area contributed by atoms with Gasteiger partial charge in [0.15, 0.2) is 5.84 Å². The SMILES string of the molecule is Cc1ccc(S(=O)(=O)Nc2cc(Cl)ccc2C(N)=NO)s1. The van der Waals surface area contributed by atoms with Crippen molar-refractivity contribution < 1.29 is 13.6 Å². The van der Waals surface area contributed by atoms with E-state index in [1.807, 2.05) is 6.92 Å². The molecule has 6 nitrogen and oxygen atoms in total. The van der Waals surface area contributed by atoms with E-state index < -0.39 is 10.0 Å². The first-order valence-electron chi connectivity index (χ1n) is 5.70. The molecule has 112 valence electrons. The van der Waals surface area contributed by atoms with E-state index in [0.717, 1.165) is 16.2 Å². The van der Waals surface area contributed by atoms with E-state index in [1.54, 1.807) is 6.07 Å². The summed E-state index contributed by atoms with van der Waals surface area (Å²) >= 11 is 7.01. The smallest absolute Gasteiger partial charge is 0.271 e. The van der Waals surface area contributed by atoms with Gasteiger partial charge in [-0.25, -0.2) is 8.42 Å². The monoisotopic (exact) mass is 345 g/mol. The Morgan fingerprint density at radius 1 is 1.38 bits per heavy atom. The molecule has 0 aliphatic carbocycles. The van der Waals surface area contributed by atoms with E-state index in [1.165, 1.54) is 24.3 Å². The van der Waals surface area contributed by atoms with Crippen molar-refractivity contribution in [3.8, 4) is 0 Å². The quantitative estimate of drug-likeness (QED) is 0.343. The number of sulfonamides is 1. The summed E-state index contributed by atoms with van der Waals surface area (Å²) in [5, 5.41) is 12.0. The lowest BCUT2D eigenvalue weighted by molar-refractivity contribution is 0.318. The maximum Gasteiger partial charge on any atom is 0.271 e. The minimum absolute atomic E-state index is 0.142. The number of rotatable bonds is 4. The van der Waals surface area contributed by atoms with E-state index in [4.69, 9.17) is 22.5 Å². The highest BCUT2D eigenvalue weighted by atomic mass is 35.5. The number of hydrogen-bond donors (Lipinski definition) is 3. The van der Waals surface area contributed by atoms with Crippen LogP contribution in [0.4, 0.5) is 5.69 Å². The van der Waals surface area contributed by atoms with Crippen LogP contribution in [0.15, 0.2) is 39.7 Å². The lowest BCUT2D eigenvalue weighted by Gasteiger charge is -2.11. The highest BCUT2D eigenvalue weighted by Gasteiger charge is 2.19. The number of nitrogens with one attached hydrogen (secondary N) is 1. The predicted octanol–water partition coefficient (Wildman–Crippen LogP) is 2.61. The molecule has 0 aliphatic rings. The van der Waals surface area contributed by atoms with Crippen LogP contribution >= 0.6 is 22.9 Å². The van der Waals surface area contributed by atoms with Gasteiger partial charge < -0.3 is 10.9 Å². The van der Waals surface area contributed by atoms with Crippen molar-refractivity contribution in [1.82, 2.24) is 0 Å². The van der Waals surface area contributed by atoms with Gasteiger partial charge in [-0.1, -0.05) is 16.8 Å². The average molecular weight is 346 g/mol. The van der Waals surface area contributed by atoms with Crippen LogP contribution in [0.3, 0.4) is 0 Å². The van der Waals surface area contributed by atoms with Crippen molar-refractivity contribution in [1.29, 1.82) is 0 Å². The van der Waals surface area contributed by atoms with Crippen molar-refractivity contribution in [3.05, 3.63) is 45.8 Å². The van der Waals surface area contributed by atoms with Crippen LogP contribution in [-0.4, -0.2) is 19.5 Å². The first-order valence-corrected chi connectivity index (χ1v) is 8.38. The third-order valence-electron chi connectivity index (χ3n) is 2.59. The van der Waals surface area contributed by atoms with Crippen LogP contribution < -0.4 is 10.5 Å². The molecular formula is C12H12ClN3O3S2. The number of amidine groups is 1. The number of nitrogens with zero attached hydrogens (tertiary/aromatic N) is 1. The minimum Gasteiger partial charge on any atom is -0.409 e. The van der Waals surface area contributed by atoms with Gasteiger partial charge in [0.25, 0.3) is 10.0 Å². The van der Waals surface area contributed by atoms with Gasteiger partial charge in [-0.15, -0.1) is 11.3 Å². The summed E-state index contributed by atoms with van der Waals surface area (Å²) in [4.78, 5) is 0.873. The van der Waals surface area contributed by atoms with E-state index in [0.29, 0.717) is 5.02 Å². The zero-order valence-electron chi connectivity index (χ0n) is 10.9. The summed E-state index contributed by atoms with van der Waals surface area (Å²) < 4.78 is 27.2. The van der Waals surface area contributed by atoms with E-state index in [2.05, 4.69) is 9.88 Å². The summed E-state index contributed by atoms with van der Waals surface area (Å²) in [6.07, 6.45) is 0. The molecule has 1 heterocycles. The van der Waals surface area contributed by atoms with Crippen LogP contribution in [0.25, 0.3) is 0 Å². The zero-order valence-corrected chi connectivity index (χ0v) is 13.3. The largest absolute Gasteiger partial charge is 0.409 e. The molecule has 0 atom stereocenters. The molecule has 0 radical (unpaired) electrons. The van der Waals surface area contributed by atoms with Crippen LogP contribution in [0.2, 0.25) is 5.02 Å². The van der Waals surface area contributed by atoms with Crippen LogP contribution in [0.1, 0.15) is 10.4 Å². The molecule has 2 rings (SSSR count). The van der Waals surface area contributed by atoms with Crippen molar-refractivity contribution in [3.63, 3.8) is 0 Å². The Labute approximate surface area is 130 Å². The second-order valence-electron chi connectivity index (χ2n) is 4.15. The van der Waals surface area contributed by atoms with Crippen LogP contribution in [-0.2, 0) is 10.0 Å². The standard InChI is InChI=1S/C12H12ClN3O3S2/c1-7-2-5-11(20-7)21(18,19)16-10-6-8(13)3-4-9(10)12(14)15-17/h2-6,16-17H,1H3,(H2,14,15). The molecule has 0 bridgehead atoms. The summed E-state index contributed by atoms with van der Waals surface area (Å²) in [5.41, 5.74) is 5.91. The maximum absolute atomic E-state index is 12.3. The van der Waals surface area contributed by atoms with Crippen molar-refractivity contribution in [2.75, 3.05) is 4.72 Å². The molecular weight excluding hydrogens is 334 g/mol. The Morgan fingerprint density at radius 3 is 2.67 bits per heavy atom. The summed E-state index contributed by atoms with van der Waals surface area (Å²) in [6, 6.07) is 7.60. The summed E-state index contributed by atoms with van der Waals surface area (Å²) in [6.45, 7) is 1.81. The second-order valence-corrected chi connectivity index (χ2v) is 7.78. The molecule has 1 aromatic heterocycles. The van der Waals surface area contributed by atoms with Gasteiger partial charge in [-0.05, 0) is 37.3 Å². The summed E-state index contributed by atoms with van der Waals surface area (Å²) in [7, 11) is -3.76. The van der Waals surface area contributed by atoms with Crippen LogP contribution in [0, 0.1) is 6.92 Å². The maximum atomic E-state index is 12.3. The molecule has 9 heteroatoms. The van der Waals surface area contributed by atoms with Gasteiger partial charge in [0, 0.05) is 15.5 Å². The van der Waals surface area contributed by atoms with Crippen molar-refractivity contribution >= 4 is 44.5 Å². The Morgan fingerprint density at radius 2 is 2.10 bits per heavy atom. The molecule has 0 unspecified atom stereocenters. The fraction of sp³-hybridized carbons (Fsp3) is 0.0833. The normalized spacial score (nSPS) is 12.4. The van der Waals surface area contributed by atoms with E-state index in [9.17, 15) is 8.42 Å². The minimum atomic E-state index is -3.76. The van der Waals surface area contributed by atoms with Gasteiger partial charge >= 0.3 is 0 Å². The topological polar surface area (TPSA) is 105 Å². The number of anilines is 1. The molecule has 1 aromatic carbocycles. The Balaban J connectivity index is 2.46. The zero-order chi connectivity index (χ0) is 15.6. The van der Waals surface area contributed by atoms with Crippen molar-refractivity contribution in [2.24, 2.45) is 10.9 Å². The van der Waals surface area contributed by atoms with Gasteiger partial charge in [-0.3, -0.25) is 4.72 Å². The molecule has 0 aliphatic heterocycles. The van der Waals surface area contributed by atoms with Gasteiger partial charge in [0.1, 0.15) is 4.21 Å². The number of nitrogens with two attached hydrogens (primary N) is 1. The fourth-order valence-corrected chi connectivity index (χ4v) is 4.16. The molecule has 21 heavy (non-hydrogen) atoms. The first kappa shape index (κ1) is 15.6. The van der Waals surface area contributed by atoms with Crippen LogP contribution in [0.5, 0.6) is 0 Å². The summed E-state index contributed by atoms with van der Waals surface area (Å²) in [5.74, 6) is -0.216. The fourth-order valence-electron chi connectivity index (χ4n) is 1.63. The van der Waals surface area contributed by atoms with E-state index >= 15 is 0 Å². The number of aryl methyl sites for hydroxylation is 1. The Bertz CT molecular complexity index is 800. The average Bonchev–Trinajstić information content (AvgIpc) is 2.85. The second kappa shape index (κ2) is 5.92. The molecule has 0 spiro atoms. The highest BCUT2D eigenvalue weighted by Crippen LogP contribution is 2.27. The number of thiophene rings is 1. The van der Waals surface area contributed by atoms with Gasteiger partial charge in [0.05, 0.1) is 5.69 Å². The number of oxime groups is 1. The van der Waals surface area contributed by atoms with Gasteiger partial charge in [0.2, 0.25) is 0 Å². The van der Waals surface area contributed by atoms with E-state index in [-0.39, 0.29) is 21.3 Å². The van der Waals surface area contributed by atoms with Crippen molar-refractivity contribution in [2.45, 2.75) is 11.1 Å². The van der Waals surface area contributed by atoms with Gasteiger partial charge in [-0.2, -0.15) is 0 Å². The Hall–Kier alpha value is -1.77. The molecule has 0 saturated carbocycles. The molecule has 2 aromatic rings. The molecule has 4 N–H and O–H groups in total. The predicted molar refractivity (Wildman–Crippen MR) is 83.8 cm³/mol. The number of hydrogen-bond acceptors (Lipinski definition) is 5. The third-order valence-corrected chi connectivity index (χ3v) is 5.68. The number of benzene rings is 1. The lowest BCUT2D eigenvalue weighted by Crippen LogP contribution is -2.19. The Kier molecular flexibility index (Phi) is 4.40. The third kappa shape index (κ3) is 3.46. The molecule has 0 amide bonds. The lowest BCUT2D eigenvalue weighted by atomic mass is 10.1. The molecule has 0 fully saturated rings.